The molecule has 0 atom stereocenters. The van der Waals surface area contributed by atoms with Gasteiger partial charge >= 0.3 is 0 Å². The molecule has 0 amide bonds. The van der Waals surface area contributed by atoms with Gasteiger partial charge in [-0.15, -0.1) is 0 Å². The maximum atomic E-state index is 11.2. The van der Waals surface area contributed by atoms with Crippen molar-refractivity contribution < 1.29 is 28.5 Å². The molecule has 144 valence electrons. The van der Waals surface area contributed by atoms with Gasteiger partial charge in [0, 0.05) is 0 Å². The molecule has 0 saturated heterocycles. The van der Waals surface area contributed by atoms with E-state index in [1.54, 1.807) is 34.5 Å². The van der Waals surface area contributed by atoms with Crippen molar-refractivity contribution in [3.05, 3.63) is 41.5 Å². The fourth-order valence-corrected chi connectivity index (χ4v) is 2.48. The van der Waals surface area contributed by atoms with Crippen molar-refractivity contribution >= 4 is 17.9 Å². The number of hydrogen-bond acceptors (Lipinski definition) is 6. The standard InChI is InChI=1S/C21H24O6/c1-14(22)13-27-18-10-15(8-9-17(18)23-2)6-7-16-11-19(24-3)21(26-5)20(12-16)25-4/h6-12H,13H2,1-5H3/b7-6-. The Labute approximate surface area is 159 Å². The van der Waals surface area contributed by atoms with Crippen LogP contribution in [-0.4, -0.2) is 40.8 Å². The van der Waals surface area contributed by atoms with Crippen molar-refractivity contribution in [2.75, 3.05) is 35.0 Å². The van der Waals surface area contributed by atoms with Crippen LogP contribution in [0, 0.1) is 0 Å². The predicted molar refractivity (Wildman–Crippen MR) is 104 cm³/mol. The summed E-state index contributed by atoms with van der Waals surface area (Å²) in [5, 5.41) is 0. The van der Waals surface area contributed by atoms with Gasteiger partial charge in [0.1, 0.15) is 6.61 Å². The molecule has 0 aliphatic rings. The molecule has 0 saturated carbocycles. The summed E-state index contributed by atoms with van der Waals surface area (Å²) in [4.78, 5) is 11.2. The molecule has 27 heavy (non-hydrogen) atoms. The maximum Gasteiger partial charge on any atom is 0.203 e. The molecule has 0 aliphatic heterocycles. The van der Waals surface area contributed by atoms with Crippen molar-refractivity contribution in [3.8, 4) is 28.7 Å². The molecule has 2 aromatic rings. The molecule has 6 nitrogen and oxygen atoms in total. The van der Waals surface area contributed by atoms with Crippen LogP contribution in [0.2, 0.25) is 0 Å². The first-order valence-electron chi connectivity index (χ1n) is 8.30. The largest absolute Gasteiger partial charge is 0.493 e. The van der Waals surface area contributed by atoms with Crippen molar-refractivity contribution in [1.29, 1.82) is 0 Å². The third-order valence-electron chi connectivity index (χ3n) is 3.77. The van der Waals surface area contributed by atoms with Crippen molar-refractivity contribution in [3.63, 3.8) is 0 Å². The van der Waals surface area contributed by atoms with Gasteiger partial charge in [-0.25, -0.2) is 0 Å². The second-order valence-electron chi connectivity index (χ2n) is 5.69. The Balaban J connectivity index is 2.32. The third kappa shape index (κ3) is 5.17. The summed E-state index contributed by atoms with van der Waals surface area (Å²) in [6, 6.07) is 9.22. The first-order valence-corrected chi connectivity index (χ1v) is 8.30. The molecule has 0 radical (unpaired) electrons. The highest BCUT2D eigenvalue weighted by Crippen LogP contribution is 2.38. The molecule has 0 N–H and O–H groups in total. The van der Waals surface area contributed by atoms with Crippen molar-refractivity contribution in [2.24, 2.45) is 0 Å². The van der Waals surface area contributed by atoms with E-state index in [9.17, 15) is 4.79 Å². The summed E-state index contributed by atoms with van der Waals surface area (Å²) in [6.45, 7) is 1.47. The highest BCUT2D eigenvalue weighted by molar-refractivity contribution is 5.77. The number of ether oxygens (including phenoxy) is 5. The van der Waals surface area contributed by atoms with E-state index in [1.165, 1.54) is 6.92 Å². The second kappa shape index (κ2) is 9.52. The number of rotatable bonds is 9. The first-order chi connectivity index (χ1) is 13.0. The molecular weight excluding hydrogens is 348 g/mol. The van der Waals surface area contributed by atoms with E-state index in [0.717, 1.165) is 11.1 Å². The Morgan fingerprint density at radius 2 is 1.33 bits per heavy atom. The minimum atomic E-state index is -0.0598. The summed E-state index contributed by atoms with van der Waals surface area (Å²) >= 11 is 0. The molecule has 0 spiro atoms. The fourth-order valence-electron chi connectivity index (χ4n) is 2.48. The molecule has 0 heterocycles. The Kier molecular flexibility index (Phi) is 7.11. The number of Topliss-reactive ketones (excluding diaryl/α,β-unsaturated/α-hetero) is 1. The fraction of sp³-hybridized carbons (Fsp3) is 0.286. The third-order valence-corrected chi connectivity index (χ3v) is 3.77. The molecule has 0 aliphatic carbocycles. The lowest BCUT2D eigenvalue weighted by molar-refractivity contribution is -0.118. The van der Waals surface area contributed by atoms with Gasteiger partial charge < -0.3 is 23.7 Å². The van der Waals surface area contributed by atoms with Gasteiger partial charge in [0.2, 0.25) is 5.75 Å². The van der Waals surface area contributed by atoms with Crippen LogP contribution >= 0.6 is 0 Å². The normalized spacial score (nSPS) is 10.6. The predicted octanol–water partition coefficient (Wildman–Crippen LogP) is 3.86. The Morgan fingerprint density at radius 3 is 1.85 bits per heavy atom. The van der Waals surface area contributed by atoms with E-state index in [0.29, 0.717) is 28.7 Å². The number of ketones is 1. The second-order valence-corrected chi connectivity index (χ2v) is 5.69. The van der Waals surface area contributed by atoms with E-state index < -0.39 is 0 Å². The van der Waals surface area contributed by atoms with Crippen molar-refractivity contribution in [1.82, 2.24) is 0 Å². The SMILES string of the molecule is COc1ccc(/C=C\c2cc(OC)c(OC)c(OC)c2)cc1OCC(C)=O. The zero-order valence-electron chi connectivity index (χ0n) is 16.2. The molecule has 2 rings (SSSR count). The van der Waals surface area contributed by atoms with Gasteiger partial charge in [0.05, 0.1) is 28.4 Å². The zero-order chi connectivity index (χ0) is 19.8. The lowest BCUT2D eigenvalue weighted by Crippen LogP contribution is -2.07. The van der Waals surface area contributed by atoms with Crippen LogP contribution in [-0.2, 0) is 4.79 Å². The Bertz CT molecular complexity index is 800. The van der Waals surface area contributed by atoms with Crippen LogP contribution in [0.15, 0.2) is 30.3 Å². The average Bonchev–Trinajstić information content (AvgIpc) is 2.69. The summed E-state index contributed by atoms with van der Waals surface area (Å²) in [5.41, 5.74) is 1.77. The van der Waals surface area contributed by atoms with Gasteiger partial charge in [0.25, 0.3) is 0 Å². The Hall–Kier alpha value is -3.15. The Morgan fingerprint density at radius 1 is 0.778 bits per heavy atom. The smallest absolute Gasteiger partial charge is 0.203 e. The van der Waals surface area contributed by atoms with Crippen LogP contribution < -0.4 is 23.7 Å². The highest BCUT2D eigenvalue weighted by Gasteiger charge is 2.12. The quantitative estimate of drug-likeness (QED) is 0.623. The van der Waals surface area contributed by atoms with Gasteiger partial charge in [-0.2, -0.15) is 0 Å². The van der Waals surface area contributed by atoms with Gasteiger partial charge in [-0.1, -0.05) is 18.2 Å². The van der Waals surface area contributed by atoms with Crippen LogP contribution in [0.25, 0.3) is 12.2 Å². The highest BCUT2D eigenvalue weighted by atomic mass is 16.5. The van der Waals surface area contributed by atoms with Crippen LogP contribution in [0.5, 0.6) is 28.7 Å². The van der Waals surface area contributed by atoms with Gasteiger partial charge in [-0.05, 0) is 42.3 Å². The number of methoxy groups -OCH3 is 4. The first kappa shape index (κ1) is 20.2. The maximum absolute atomic E-state index is 11.2. The number of carbonyl (C=O) groups excluding carboxylic acids is 1. The lowest BCUT2D eigenvalue weighted by atomic mass is 10.1. The van der Waals surface area contributed by atoms with Crippen LogP contribution in [0.1, 0.15) is 18.1 Å². The van der Waals surface area contributed by atoms with Gasteiger partial charge in [0.15, 0.2) is 28.8 Å². The van der Waals surface area contributed by atoms with E-state index in [1.807, 2.05) is 36.4 Å². The molecule has 0 bridgehead atoms. The lowest BCUT2D eigenvalue weighted by Gasteiger charge is -2.13. The zero-order valence-corrected chi connectivity index (χ0v) is 16.2. The molecule has 6 heteroatoms. The molecule has 2 aromatic carbocycles. The summed E-state index contributed by atoms with van der Waals surface area (Å²) < 4.78 is 26.9. The van der Waals surface area contributed by atoms with Crippen LogP contribution in [0.3, 0.4) is 0 Å². The summed E-state index contributed by atoms with van der Waals surface area (Å²) in [6.07, 6.45) is 3.84. The van der Waals surface area contributed by atoms with Crippen molar-refractivity contribution in [2.45, 2.75) is 6.92 Å². The molecule has 0 unspecified atom stereocenters. The number of benzene rings is 2. The number of hydrogen-bond donors (Lipinski definition) is 0. The van der Waals surface area contributed by atoms with E-state index in [4.69, 9.17) is 23.7 Å². The topological polar surface area (TPSA) is 63.2 Å². The minimum absolute atomic E-state index is 0.00357. The van der Waals surface area contributed by atoms with Gasteiger partial charge in [-0.3, -0.25) is 4.79 Å². The van der Waals surface area contributed by atoms with Crippen LogP contribution in [0.4, 0.5) is 0 Å². The average molecular weight is 372 g/mol. The molecular formula is C21H24O6. The van der Waals surface area contributed by atoms with E-state index in [-0.39, 0.29) is 12.4 Å². The molecule has 0 aromatic heterocycles. The number of carbonyl (C=O) groups is 1. The van der Waals surface area contributed by atoms with E-state index >= 15 is 0 Å². The summed E-state index contributed by atoms with van der Waals surface area (Å²) in [5.74, 6) is 2.73. The monoisotopic (exact) mass is 372 g/mol. The summed E-state index contributed by atoms with van der Waals surface area (Å²) in [7, 11) is 6.27. The molecule has 0 fully saturated rings. The minimum Gasteiger partial charge on any atom is -0.493 e. The van der Waals surface area contributed by atoms with E-state index in [2.05, 4.69) is 0 Å².